The van der Waals surface area contributed by atoms with Gasteiger partial charge in [0.15, 0.2) is 5.78 Å². The average molecular weight is 208 g/mol. The van der Waals surface area contributed by atoms with Gasteiger partial charge in [-0.1, -0.05) is 30.7 Å². The Kier molecular flexibility index (Phi) is 2.30. The zero-order valence-corrected chi connectivity index (χ0v) is 8.56. The number of halogens is 1. The highest BCUT2D eigenvalue weighted by Crippen LogP contribution is 2.23. The van der Waals surface area contributed by atoms with Crippen molar-refractivity contribution in [1.29, 1.82) is 0 Å². The number of hydrogen-bond donors (Lipinski definition) is 1. The second-order valence-corrected chi connectivity index (χ2v) is 3.58. The molecule has 0 amide bonds. The van der Waals surface area contributed by atoms with E-state index in [4.69, 9.17) is 11.6 Å². The van der Waals surface area contributed by atoms with E-state index in [1.165, 1.54) is 0 Å². The topological polar surface area (TPSA) is 32.9 Å². The molecule has 2 nitrogen and oxygen atoms in total. The van der Waals surface area contributed by atoms with E-state index in [1.807, 2.05) is 25.1 Å². The van der Waals surface area contributed by atoms with Crippen LogP contribution in [0.2, 0.25) is 5.02 Å². The maximum absolute atomic E-state index is 11.4. The van der Waals surface area contributed by atoms with Gasteiger partial charge in [0.25, 0.3) is 0 Å². The van der Waals surface area contributed by atoms with E-state index in [0.29, 0.717) is 11.4 Å². The van der Waals surface area contributed by atoms with Gasteiger partial charge in [-0.15, -0.1) is 0 Å². The molecule has 0 bridgehead atoms. The number of nitrogens with one attached hydrogen (secondary N) is 1. The first kappa shape index (κ1) is 9.28. The molecule has 3 heteroatoms. The largest absolute Gasteiger partial charge is 0.360 e. The number of carbonyl (C=O) groups excluding carboxylic acids is 1. The molecular formula is C11H10ClNO. The number of fused-ring (bicyclic) bond motifs is 1. The zero-order chi connectivity index (χ0) is 10.1. The molecule has 2 aromatic rings. The molecule has 1 N–H and O–H groups in total. The quantitative estimate of drug-likeness (QED) is 0.753. The highest BCUT2D eigenvalue weighted by atomic mass is 35.5. The Bertz CT molecular complexity index is 487. The van der Waals surface area contributed by atoms with Crippen LogP contribution in [-0.4, -0.2) is 10.8 Å². The number of benzene rings is 1. The summed E-state index contributed by atoms with van der Waals surface area (Å²) in [6, 6.07) is 5.53. The summed E-state index contributed by atoms with van der Waals surface area (Å²) in [7, 11) is 0. The third-order valence-electron chi connectivity index (χ3n) is 2.27. The molecule has 0 saturated heterocycles. The van der Waals surface area contributed by atoms with Crippen molar-refractivity contribution < 1.29 is 4.79 Å². The first-order valence-corrected chi connectivity index (χ1v) is 4.90. The van der Waals surface area contributed by atoms with Gasteiger partial charge in [-0.25, -0.2) is 0 Å². The Hall–Kier alpha value is -1.28. The van der Waals surface area contributed by atoms with Gasteiger partial charge >= 0.3 is 0 Å². The molecule has 1 heterocycles. The highest BCUT2D eigenvalue weighted by molar-refractivity contribution is 6.35. The Morgan fingerprint density at radius 3 is 3.00 bits per heavy atom. The second-order valence-electron chi connectivity index (χ2n) is 3.17. The summed E-state index contributed by atoms with van der Waals surface area (Å²) in [5.74, 6) is 0.151. The van der Waals surface area contributed by atoms with Gasteiger partial charge in [0.05, 0.1) is 5.02 Å². The average Bonchev–Trinajstić information content (AvgIpc) is 2.59. The van der Waals surface area contributed by atoms with E-state index < -0.39 is 0 Å². The minimum Gasteiger partial charge on any atom is -0.360 e. The molecule has 0 saturated carbocycles. The maximum Gasteiger partial charge on any atom is 0.162 e. The lowest BCUT2D eigenvalue weighted by molar-refractivity contribution is 0.0988. The van der Waals surface area contributed by atoms with E-state index in [-0.39, 0.29) is 5.78 Å². The van der Waals surface area contributed by atoms with Gasteiger partial charge in [-0.3, -0.25) is 4.79 Å². The summed E-state index contributed by atoms with van der Waals surface area (Å²) >= 11 is 5.92. The fourth-order valence-corrected chi connectivity index (χ4v) is 1.69. The minimum atomic E-state index is 0.151. The number of carbonyl (C=O) groups is 1. The lowest BCUT2D eigenvalue weighted by atomic mass is 10.1. The molecule has 0 radical (unpaired) electrons. The van der Waals surface area contributed by atoms with Crippen LogP contribution in [0.15, 0.2) is 24.4 Å². The molecule has 0 unspecified atom stereocenters. The van der Waals surface area contributed by atoms with E-state index >= 15 is 0 Å². The van der Waals surface area contributed by atoms with E-state index in [1.54, 1.807) is 6.20 Å². The zero-order valence-electron chi connectivity index (χ0n) is 7.80. The first-order chi connectivity index (χ1) is 6.72. The van der Waals surface area contributed by atoms with Crippen LogP contribution >= 0.6 is 11.6 Å². The molecule has 14 heavy (non-hydrogen) atoms. The predicted molar refractivity (Wildman–Crippen MR) is 57.9 cm³/mol. The van der Waals surface area contributed by atoms with Crippen LogP contribution in [0.5, 0.6) is 0 Å². The summed E-state index contributed by atoms with van der Waals surface area (Å²) in [4.78, 5) is 14.4. The summed E-state index contributed by atoms with van der Waals surface area (Å²) in [6.07, 6.45) is 2.26. The summed E-state index contributed by atoms with van der Waals surface area (Å²) in [6.45, 7) is 1.86. The Morgan fingerprint density at radius 2 is 2.29 bits per heavy atom. The lowest BCUT2D eigenvalue weighted by Gasteiger charge is -1.97. The Labute approximate surface area is 86.9 Å². The van der Waals surface area contributed by atoms with Crippen LogP contribution in [0.3, 0.4) is 0 Å². The van der Waals surface area contributed by atoms with Crippen LogP contribution in [-0.2, 0) is 0 Å². The highest BCUT2D eigenvalue weighted by Gasteiger charge is 2.06. The van der Waals surface area contributed by atoms with Crippen molar-refractivity contribution in [2.45, 2.75) is 13.3 Å². The van der Waals surface area contributed by atoms with Crippen LogP contribution < -0.4 is 0 Å². The number of aromatic nitrogens is 1. The van der Waals surface area contributed by atoms with Gasteiger partial charge in [0.2, 0.25) is 0 Å². The third kappa shape index (κ3) is 1.42. The summed E-state index contributed by atoms with van der Waals surface area (Å²) in [5.41, 5.74) is 1.65. The Balaban J connectivity index is 2.57. The minimum absolute atomic E-state index is 0.151. The second kappa shape index (κ2) is 3.46. The molecule has 0 aliphatic rings. The third-order valence-corrected chi connectivity index (χ3v) is 2.59. The molecule has 2 rings (SSSR count). The van der Waals surface area contributed by atoms with Crippen LogP contribution in [0, 0.1) is 0 Å². The number of H-pyrrole nitrogens is 1. The van der Waals surface area contributed by atoms with Crippen molar-refractivity contribution in [3.8, 4) is 0 Å². The standard InChI is InChI=1S/C11H10ClNO/c1-2-11(14)7-3-4-8-9(12)6-13-10(8)5-7/h3-6,13H,2H2,1H3. The van der Waals surface area contributed by atoms with Crippen LogP contribution in [0.4, 0.5) is 0 Å². The van der Waals surface area contributed by atoms with Gasteiger partial charge in [-0.2, -0.15) is 0 Å². The molecule has 72 valence electrons. The van der Waals surface area contributed by atoms with Crippen molar-refractivity contribution in [1.82, 2.24) is 4.98 Å². The number of aromatic amines is 1. The Morgan fingerprint density at radius 1 is 1.50 bits per heavy atom. The number of hydrogen-bond acceptors (Lipinski definition) is 1. The normalized spacial score (nSPS) is 10.7. The molecule has 0 aliphatic heterocycles. The molecule has 0 aliphatic carbocycles. The maximum atomic E-state index is 11.4. The summed E-state index contributed by atoms with van der Waals surface area (Å²) < 4.78 is 0. The van der Waals surface area contributed by atoms with Crippen molar-refractivity contribution >= 4 is 28.3 Å². The van der Waals surface area contributed by atoms with Crippen LogP contribution in [0.25, 0.3) is 10.9 Å². The van der Waals surface area contributed by atoms with Crippen molar-refractivity contribution in [2.24, 2.45) is 0 Å². The van der Waals surface area contributed by atoms with Gasteiger partial charge < -0.3 is 4.98 Å². The van der Waals surface area contributed by atoms with Gasteiger partial charge in [0, 0.05) is 29.1 Å². The van der Waals surface area contributed by atoms with Gasteiger partial charge in [-0.05, 0) is 6.07 Å². The first-order valence-electron chi connectivity index (χ1n) is 4.52. The van der Waals surface area contributed by atoms with Gasteiger partial charge in [0.1, 0.15) is 0 Å². The number of ketones is 1. The molecule has 0 fully saturated rings. The molecule has 0 spiro atoms. The molecule has 1 aromatic carbocycles. The monoisotopic (exact) mass is 207 g/mol. The van der Waals surface area contributed by atoms with E-state index in [9.17, 15) is 4.79 Å². The molecule has 0 atom stereocenters. The van der Waals surface area contributed by atoms with Crippen molar-refractivity contribution in [3.05, 3.63) is 35.0 Å². The van der Waals surface area contributed by atoms with E-state index in [2.05, 4.69) is 4.98 Å². The fraction of sp³-hybridized carbons (Fsp3) is 0.182. The van der Waals surface area contributed by atoms with Crippen molar-refractivity contribution in [2.75, 3.05) is 0 Å². The molecule has 1 aromatic heterocycles. The number of Topliss-reactive ketones (excluding diaryl/α,β-unsaturated/α-hetero) is 1. The SMILES string of the molecule is CCC(=O)c1ccc2c(Cl)c[nH]c2c1. The van der Waals surface area contributed by atoms with Crippen LogP contribution in [0.1, 0.15) is 23.7 Å². The smallest absolute Gasteiger partial charge is 0.162 e. The lowest BCUT2D eigenvalue weighted by Crippen LogP contribution is -1.95. The number of rotatable bonds is 2. The molecular weight excluding hydrogens is 198 g/mol. The summed E-state index contributed by atoms with van der Waals surface area (Å²) in [5, 5.41) is 1.65. The fourth-order valence-electron chi connectivity index (χ4n) is 1.47. The predicted octanol–water partition coefficient (Wildman–Crippen LogP) is 3.41. The van der Waals surface area contributed by atoms with E-state index in [0.717, 1.165) is 16.5 Å². The van der Waals surface area contributed by atoms with Crippen molar-refractivity contribution in [3.63, 3.8) is 0 Å².